The van der Waals surface area contributed by atoms with Crippen molar-refractivity contribution in [3.05, 3.63) is 23.5 Å². The maximum Gasteiger partial charge on any atom is 0.123 e. The Morgan fingerprint density at radius 1 is 1.55 bits per heavy atom. The predicted octanol–water partition coefficient (Wildman–Crippen LogP) is 1.94. The summed E-state index contributed by atoms with van der Waals surface area (Å²) in [7, 11) is 1.78. The molecule has 0 saturated heterocycles. The molecule has 1 aliphatic rings. The molecule has 0 aliphatic carbocycles. The van der Waals surface area contributed by atoms with Gasteiger partial charge in [0.1, 0.15) is 5.76 Å². The first-order chi connectivity index (χ1) is 5.38. The van der Waals surface area contributed by atoms with Crippen LogP contribution in [-0.2, 0) is 4.74 Å². The number of allylic oxidation sites excluding steroid dienone is 2. The van der Waals surface area contributed by atoms with E-state index in [1.54, 1.807) is 7.05 Å². The Balaban J connectivity index is 2.77. The molecule has 0 aromatic carbocycles. The largest absolute Gasteiger partial charge is 0.493 e. The Hall–Kier alpha value is -1.05. The maximum atomic E-state index is 5.36. The molecule has 1 aliphatic heterocycles. The van der Waals surface area contributed by atoms with Crippen molar-refractivity contribution in [2.75, 3.05) is 13.7 Å². The van der Waals surface area contributed by atoms with Gasteiger partial charge in [-0.05, 0) is 13.0 Å². The third kappa shape index (κ3) is 1.93. The van der Waals surface area contributed by atoms with Crippen molar-refractivity contribution in [2.45, 2.75) is 13.3 Å². The summed E-state index contributed by atoms with van der Waals surface area (Å²) in [4.78, 5) is 3.95. The lowest BCUT2D eigenvalue weighted by Crippen LogP contribution is -1.82. The molecule has 0 radical (unpaired) electrons. The summed E-state index contributed by atoms with van der Waals surface area (Å²) >= 11 is 0. The van der Waals surface area contributed by atoms with E-state index in [0.29, 0.717) is 0 Å². The van der Waals surface area contributed by atoms with E-state index >= 15 is 0 Å². The topological polar surface area (TPSA) is 21.6 Å². The molecule has 0 fully saturated rings. The highest BCUT2D eigenvalue weighted by Gasteiger charge is 2.10. The van der Waals surface area contributed by atoms with E-state index in [1.807, 2.05) is 25.3 Å². The Labute approximate surface area is 67.3 Å². The van der Waals surface area contributed by atoms with Crippen molar-refractivity contribution >= 4 is 6.21 Å². The molecule has 1 rings (SSSR count). The van der Waals surface area contributed by atoms with Gasteiger partial charge in [-0.15, -0.1) is 0 Å². The van der Waals surface area contributed by atoms with E-state index in [9.17, 15) is 0 Å². The SMILES string of the molecule is CC=CC1=C(C=NC)CCO1. The van der Waals surface area contributed by atoms with Crippen LogP contribution in [-0.4, -0.2) is 19.9 Å². The first kappa shape index (κ1) is 8.05. The molecule has 0 atom stereocenters. The van der Waals surface area contributed by atoms with Crippen molar-refractivity contribution in [3.8, 4) is 0 Å². The van der Waals surface area contributed by atoms with E-state index in [-0.39, 0.29) is 0 Å². The zero-order chi connectivity index (χ0) is 8.10. The van der Waals surface area contributed by atoms with Crippen LogP contribution in [0.15, 0.2) is 28.5 Å². The minimum Gasteiger partial charge on any atom is -0.493 e. The lowest BCUT2D eigenvalue weighted by molar-refractivity contribution is 0.257. The summed E-state index contributed by atoms with van der Waals surface area (Å²) < 4.78 is 5.36. The number of ether oxygens (including phenoxy) is 1. The Bertz CT molecular complexity index is 192. The zero-order valence-electron chi connectivity index (χ0n) is 7.00. The van der Waals surface area contributed by atoms with E-state index in [4.69, 9.17) is 4.74 Å². The van der Waals surface area contributed by atoms with Crippen LogP contribution in [0.1, 0.15) is 13.3 Å². The summed E-state index contributed by atoms with van der Waals surface area (Å²) in [6, 6.07) is 0. The van der Waals surface area contributed by atoms with Gasteiger partial charge in [0, 0.05) is 25.3 Å². The van der Waals surface area contributed by atoms with E-state index in [0.717, 1.165) is 18.8 Å². The highest BCUT2D eigenvalue weighted by molar-refractivity contribution is 5.80. The highest BCUT2D eigenvalue weighted by Crippen LogP contribution is 2.18. The second-order valence-corrected chi connectivity index (χ2v) is 2.38. The minimum absolute atomic E-state index is 0.793. The summed E-state index contributed by atoms with van der Waals surface area (Å²) in [5.74, 6) is 0.970. The number of hydrogen-bond donors (Lipinski definition) is 0. The monoisotopic (exact) mass is 151 g/mol. The fraction of sp³-hybridized carbons (Fsp3) is 0.444. The van der Waals surface area contributed by atoms with Crippen LogP contribution < -0.4 is 0 Å². The third-order valence-electron chi connectivity index (χ3n) is 1.55. The average molecular weight is 151 g/mol. The van der Waals surface area contributed by atoms with Gasteiger partial charge in [-0.1, -0.05) is 6.08 Å². The molecule has 2 nitrogen and oxygen atoms in total. The zero-order valence-corrected chi connectivity index (χ0v) is 7.00. The fourth-order valence-corrected chi connectivity index (χ4v) is 1.08. The van der Waals surface area contributed by atoms with Gasteiger partial charge < -0.3 is 4.74 Å². The van der Waals surface area contributed by atoms with Crippen LogP contribution in [0.25, 0.3) is 0 Å². The van der Waals surface area contributed by atoms with Gasteiger partial charge in [-0.2, -0.15) is 0 Å². The van der Waals surface area contributed by atoms with Crippen LogP contribution in [0.5, 0.6) is 0 Å². The van der Waals surface area contributed by atoms with Gasteiger partial charge in [-0.3, -0.25) is 4.99 Å². The lowest BCUT2D eigenvalue weighted by Gasteiger charge is -1.94. The van der Waals surface area contributed by atoms with Crippen molar-refractivity contribution in [2.24, 2.45) is 4.99 Å². The standard InChI is InChI=1S/C9H13NO/c1-3-4-9-8(7-10-2)5-6-11-9/h3-4,7H,5-6H2,1-2H3. The first-order valence-electron chi connectivity index (χ1n) is 3.79. The maximum absolute atomic E-state index is 5.36. The van der Waals surface area contributed by atoms with Crippen LogP contribution >= 0.6 is 0 Å². The molecular weight excluding hydrogens is 138 g/mol. The van der Waals surface area contributed by atoms with Gasteiger partial charge in [0.05, 0.1) is 6.61 Å². The smallest absolute Gasteiger partial charge is 0.123 e. The van der Waals surface area contributed by atoms with E-state index in [1.165, 1.54) is 5.57 Å². The number of rotatable bonds is 2. The van der Waals surface area contributed by atoms with Crippen molar-refractivity contribution < 1.29 is 4.74 Å². The van der Waals surface area contributed by atoms with Gasteiger partial charge >= 0.3 is 0 Å². The molecule has 0 amide bonds. The van der Waals surface area contributed by atoms with Crippen LogP contribution in [0.3, 0.4) is 0 Å². The molecule has 0 saturated carbocycles. The molecule has 0 aromatic rings. The van der Waals surface area contributed by atoms with Crippen molar-refractivity contribution in [1.82, 2.24) is 0 Å². The summed E-state index contributed by atoms with van der Waals surface area (Å²) in [6.45, 7) is 2.77. The first-order valence-corrected chi connectivity index (χ1v) is 3.79. The second kappa shape index (κ2) is 3.96. The Morgan fingerprint density at radius 3 is 3.00 bits per heavy atom. The highest BCUT2D eigenvalue weighted by atomic mass is 16.5. The Morgan fingerprint density at radius 2 is 2.36 bits per heavy atom. The van der Waals surface area contributed by atoms with E-state index < -0.39 is 0 Å². The Kier molecular flexibility index (Phi) is 2.90. The van der Waals surface area contributed by atoms with Gasteiger partial charge in [0.25, 0.3) is 0 Å². The predicted molar refractivity (Wildman–Crippen MR) is 46.8 cm³/mol. The lowest BCUT2D eigenvalue weighted by atomic mass is 10.2. The quantitative estimate of drug-likeness (QED) is 0.553. The minimum atomic E-state index is 0.793. The summed E-state index contributed by atoms with van der Waals surface area (Å²) in [6.07, 6.45) is 6.80. The molecule has 0 spiro atoms. The molecule has 11 heavy (non-hydrogen) atoms. The molecule has 1 heterocycles. The van der Waals surface area contributed by atoms with Crippen LogP contribution in [0.4, 0.5) is 0 Å². The van der Waals surface area contributed by atoms with Gasteiger partial charge in [0.2, 0.25) is 0 Å². The van der Waals surface area contributed by atoms with Crippen LogP contribution in [0.2, 0.25) is 0 Å². The molecule has 0 N–H and O–H groups in total. The van der Waals surface area contributed by atoms with Crippen molar-refractivity contribution in [1.29, 1.82) is 0 Å². The van der Waals surface area contributed by atoms with Crippen molar-refractivity contribution in [3.63, 3.8) is 0 Å². The molecule has 0 aromatic heterocycles. The van der Waals surface area contributed by atoms with Crippen LogP contribution in [0, 0.1) is 0 Å². The molecule has 60 valence electrons. The molecule has 2 heteroatoms. The van der Waals surface area contributed by atoms with Gasteiger partial charge in [-0.25, -0.2) is 0 Å². The number of nitrogens with zero attached hydrogens (tertiary/aromatic N) is 1. The average Bonchev–Trinajstić information content (AvgIpc) is 2.39. The fourth-order valence-electron chi connectivity index (χ4n) is 1.08. The number of aliphatic imine (C=N–C) groups is 1. The van der Waals surface area contributed by atoms with Gasteiger partial charge in [0.15, 0.2) is 0 Å². The number of hydrogen-bond acceptors (Lipinski definition) is 2. The molecule has 0 unspecified atom stereocenters. The summed E-state index contributed by atoms with van der Waals surface area (Å²) in [5, 5.41) is 0. The third-order valence-corrected chi connectivity index (χ3v) is 1.55. The molecule has 0 bridgehead atoms. The van der Waals surface area contributed by atoms with E-state index in [2.05, 4.69) is 4.99 Å². The normalized spacial score (nSPS) is 18.7. The molecular formula is C9H13NO. The summed E-state index contributed by atoms with van der Waals surface area (Å²) in [5.41, 5.74) is 1.20. The second-order valence-electron chi connectivity index (χ2n) is 2.38.